The third kappa shape index (κ3) is 67.4. The van der Waals surface area contributed by atoms with E-state index in [9.17, 15) is 19.0 Å². The van der Waals surface area contributed by atoms with Gasteiger partial charge in [0.1, 0.15) is 6.61 Å². The molecule has 0 aromatic heterocycles. The molecule has 10 heteroatoms. The second-order valence-corrected chi connectivity index (χ2v) is 23.8. The molecule has 0 fully saturated rings. The second kappa shape index (κ2) is 67.5. The van der Waals surface area contributed by atoms with Crippen LogP contribution in [0.2, 0.25) is 0 Å². The van der Waals surface area contributed by atoms with Gasteiger partial charge in [0, 0.05) is 19.4 Å². The van der Waals surface area contributed by atoms with Crippen LogP contribution in [0.25, 0.3) is 0 Å². The van der Waals surface area contributed by atoms with Crippen LogP contribution in [0.15, 0.2) is 122 Å². The molecular formula is C73H126NO8P. The highest BCUT2D eigenvalue weighted by Gasteiger charge is 2.26. The molecule has 476 valence electrons. The van der Waals surface area contributed by atoms with Crippen molar-refractivity contribution < 1.29 is 37.6 Å². The van der Waals surface area contributed by atoms with Gasteiger partial charge in [0.15, 0.2) is 6.10 Å². The van der Waals surface area contributed by atoms with Crippen molar-refractivity contribution in [3.63, 3.8) is 0 Å². The first-order valence-corrected chi connectivity index (χ1v) is 35.5. The fourth-order valence-corrected chi connectivity index (χ4v) is 10.1. The SMILES string of the molecule is CC/C=C\C/C=C\C/C=C\C/C=C\C/C=C\C/C=C\C/C=C\CCCCCCCCCCCCCCCC(=O)OC(COC(=O)CCCCCCCCCCCCCC/C=C\C/C=C\C/C=C\CCCCCCC)COP(=O)(O)OCCN. The average Bonchev–Trinajstić information content (AvgIpc) is 3.48. The van der Waals surface area contributed by atoms with E-state index in [1.807, 2.05) is 0 Å². The fourth-order valence-electron chi connectivity index (χ4n) is 9.33. The molecule has 0 spiro atoms. The van der Waals surface area contributed by atoms with Gasteiger partial charge >= 0.3 is 19.8 Å². The summed E-state index contributed by atoms with van der Waals surface area (Å²) in [5, 5.41) is 0. The smallest absolute Gasteiger partial charge is 0.462 e. The summed E-state index contributed by atoms with van der Waals surface area (Å²) < 4.78 is 33.2. The fraction of sp³-hybridized carbons (Fsp3) is 0.699. The van der Waals surface area contributed by atoms with E-state index in [1.54, 1.807) is 0 Å². The largest absolute Gasteiger partial charge is 0.472 e. The van der Waals surface area contributed by atoms with Crippen LogP contribution >= 0.6 is 7.82 Å². The number of hydrogen-bond acceptors (Lipinski definition) is 8. The highest BCUT2D eigenvalue weighted by atomic mass is 31.2. The van der Waals surface area contributed by atoms with Gasteiger partial charge in [-0.15, -0.1) is 0 Å². The van der Waals surface area contributed by atoms with Crippen molar-refractivity contribution in [3.8, 4) is 0 Å². The lowest BCUT2D eigenvalue weighted by molar-refractivity contribution is -0.161. The Morgan fingerprint density at radius 3 is 0.988 bits per heavy atom. The summed E-state index contributed by atoms with van der Waals surface area (Å²) in [6.45, 7) is 3.63. The van der Waals surface area contributed by atoms with Crippen molar-refractivity contribution >= 4 is 19.8 Å². The van der Waals surface area contributed by atoms with Crippen molar-refractivity contribution in [2.75, 3.05) is 26.4 Å². The standard InChI is InChI=1S/C73H126NO8P/c1-3-5-7-9-11-13-15-17-19-21-23-25-27-29-31-32-33-34-35-36-37-38-40-42-44-46-48-50-52-54-56-58-60-62-64-66-73(76)82-71(70-81-83(77,78)80-68-67-74)69-79-72(75)65-63-61-59-57-55-53-51-49-47-45-43-41-39-30-28-26-24-22-20-18-16-14-12-10-8-6-4-2/h5,7,11,13,16-19,22-25,28-31,33-34,36-37,71H,3-4,6,8-10,12,14-15,20-21,26-27,32,35,38-70,74H2,1-2H3,(H,77,78)/b7-5-,13-11-,18-16-,19-17-,24-22-,25-23-,30-28-,31-29-,34-33-,37-36-. The first kappa shape index (κ1) is 79.4. The van der Waals surface area contributed by atoms with Gasteiger partial charge < -0.3 is 20.1 Å². The maximum atomic E-state index is 12.8. The molecule has 0 saturated carbocycles. The average molecular weight is 1180 g/mol. The van der Waals surface area contributed by atoms with Crippen molar-refractivity contribution in [3.05, 3.63) is 122 Å². The summed E-state index contributed by atoms with van der Waals surface area (Å²) in [6.07, 6.45) is 94.2. The van der Waals surface area contributed by atoms with Crippen LogP contribution in [0.4, 0.5) is 0 Å². The number of nitrogens with two attached hydrogens (primary N) is 1. The molecule has 2 unspecified atom stereocenters. The van der Waals surface area contributed by atoms with Gasteiger partial charge in [-0.1, -0.05) is 296 Å². The van der Waals surface area contributed by atoms with Crippen LogP contribution < -0.4 is 5.73 Å². The van der Waals surface area contributed by atoms with Crippen molar-refractivity contribution in [1.29, 1.82) is 0 Å². The molecule has 2 atom stereocenters. The Balaban J connectivity index is 3.93. The molecule has 83 heavy (non-hydrogen) atoms. The van der Waals surface area contributed by atoms with Gasteiger partial charge in [-0.05, 0) is 109 Å². The number of rotatable bonds is 63. The molecule has 0 aliphatic carbocycles. The van der Waals surface area contributed by atoms with Crippen molar-refractivity contribution in [2.24, 2.45) is 5.73 Å². The van der Waals surface area contributed by atoms with Gasteiger partial charge in [0.2, 0.25) is 0 Å². The minimum absolute atomic E-state index is 0.0486. The predicted octanol–water partition coefficient (Wildman–Crippen LogP) is 22.3. The van der Waals surface area contributed by atoms with E-state index < -0.39 is 26.5 Å². The number of allylic oxidation sites excluding steroid dienone is 20. The van der Waals surface area contributed by atoms with Crippen molar-refractivity contribution in [1.82, 2.24) is 0 Å². The molecule has 0 aromatic rings. The zero-order valence-electron chi connectivity index (χ0n) is 53.4. The number of carbonyl (C=O) groups excluding carboxylic acids is 2. The highest BCUT2D eigenvalue weighted by molar-refractivity contribution is 7.47. The lowest BCUT2D eigenvalue weighted by Crippen LogP contribution is -2.29. The molecule has 0 rings (SSSR count). The van der Waals surface area contributed by atoms with E-state index in [2.05, 4.69) is 135 Å². The Hall–Kier alpha value is -3.59. The Morgan fingerprint density at radius 1 is 0.373 bits per heavy atom. The first-order valence-electron chi connectivity index (χ1n) is 34.0. The summed E-state index contributed by atoms with van der Waals surface area (Å²) in [5.41, 5.74) is 5.40. The number of phosphoric acid groups is 1. The Labute approximate surface area is 511 Å². The predicted molar refractivity (Wildman–Crippen MR) is 358 cm³/mol. The number of esters is 2. The van der Waals surface area contributed by atoms with E-state index >= 15 is 0 Å². The highest BCUT2D eigenvalue weighted by Crippen LogP contribution is 2.43. The maximum absolute atomic E-state index is 12.8. The molecule has 9 nitrogen and oxygen atoms in total. The monoisotopic (exact) mass is 1180 g/mol. The van der Waals surface area contributed by atoms with E-state index in [1.165, 1.54) is 167 Å². The van der Waals surface area contributed by atoms with Gasteiger partial charge in [-0.25, -0.2) is 4.57 Å². The molecular weight excluding hydrogens is 1050 g/mol. The van der Waals surface area contributed by atoms with E-state index in [0.29, 0.717) is 6.42 Å². The molecule has 0 aliphatic heterocycles. The summed E-state index contributed by atoms with van der Waals surface area (Å²) in [6, 6.07) is 0. The van der Waals surface area contributed by atoms with E-state index in [-0.39, 0.29) is 38.6 Å². The van der Waals surface area contributed by atoms with Crippen LogP contribution in [0.1, 0.15) is 296 Å². The molecule has 0 amide bonds. The summed E-state index contributed by atoms with van der Waals surface area (Å²) in [5.74, 6) is -0.829. The number of ether oxygens (including phenoxy) is 2. The molecule has 0 saturated heterocycles. The molecule has 3 N–H and O–H groups in total. The molecule has 0 heterocycles. The van der Waals surface area contributed by atoms with E-state index in [0.717, 1.165) is 96.3 Å². The number of phosphoric ester groups is 1. The molecule has 0 aromatic carbocycles. The zero-order chi connectivity index (χ0) is 60.1. The zero-order valence-corrected chi connectivity index (χ0v) is 54.3. The number of unbranched alkanes of at least 4 members (excludes halogenated alkanes) is 30. The number of hydrogen-bond donors (Lipinski definition) is 2. The van der Waals surface area contributed by atoms with Crippen molar-refractivity contribution in [2.45, 2.75) is 302 Å². The van der Waals surface area contributed by atoms with Crippen LogP contribution in [0.3, 0.4) is 0 Å². The Bertz CT molecular complexity index is 1770. The molecule has 0 aliphatic rings. The summed E-state index contributed by atoms with van der Waals surface area (Å²) in [7, 11) is -4.40. The minimum Gasteiger partial charge on any atom is -0.462 e. The van der Waals surface area contributed by atoms with Gasteiger partial charge in [0.05, 0.1) is 13.2 Å². The molecule has 0 bridgehead atoms. The normalized spacial score (nSPS) is 13.7. The summed E-state index contributed by atoms with van der Waals surface area (Å²) >= 11 is 0. The Morgan fingerprint density at radius 2 is 0.663 bits per heavy atom. The van der Waals surface area contributed by atoms with Crippen LogP contribution in [-0.4, -0.2) is 49.3 Å². The van der Waals surface area contributed by atoms with Crippen LogP contribution in [0, 0.1) is 0 Å². The van der Waals surface area contributed by atoms with Gasteiger partial charge in [0.25, 0.3) is 0 Å². The first-order chi connectivity index (χ1) is 40.8. The Kier molecular flexibility index (Phi) is 64.6. The lowest BCUT2D eigenvalue weighted by atomic mass is 10.0. The topological polar surface area (TPSA) is 134 Å². The van der Waals surface area contributed by atoms with Crippen LogP contribution in [0.5, 0.6) is 0 Å². The molecule has 0 radical (unpaired) electrons. The third-order valence-electron chi connectivity index (χ3n) is 14.3. The minimum atomic E-state index is -4.40. The quantitative estimate of drug-likeness (QED) is 0.0264. The third-order valence-corrected chi connectivity index (χ3v) is 15.3. The van der Waals surface area contributed by atoms with E-state index in [4.69, 9.17) is 24.3 Å². The number of carbonyl (C=O) groups is 2. The summed E-state index contributed by atoms with van der Waals surface area (Å²) in [4.78, 5) is 35.3. The van der Waals surface area contributed by atoms with Gasteiger partial charge in [-0.2, -0.15) is 0 Å². The van der Waals surface area contributed by atoms with Crippen LogP contribution in [-0.2, 0) is 32.7 Å². The maximum Gasteiger partial charge on any atom is 0.472 e. The second-order valence-electron chi connectivity index (χ2n) is 22.3. The van der Waals surface area contributed by atoms with Gasteiger partial charge in [-0.3, -0.25) is 18.6 Å². The lowest BCUT2D eigenvalue weighted by Gasteiger charge is -2.19.